The van der Waals surface area contributed by atoms with Crippen molar-refractivity contribution >= 4 is 28.5 Å². The van der Waals surface area contributed by atoms with Crippen LogP contribution in [0.15, 0.2) is 72.8 Å². The van der Waals surface area contributed by atoms with Crippen molar-refractivity contribution < 1.29 is 14.6 Å². The molecular formula is C23H18ClNO3. The molecule has 0 aliphatic heterocycles. The fourth-order valence-corrected chi connectivity index (χ4v) is 3.56. The van der Waals surface area contributed by atoms with Gasteiger partial charge in [-0.2, -0.15) is 0 Å². The Bertz CT molecular complexity index is 1140. The quantitative estimate of drug-likeness (QED) is 0.443. The van der Waals surface area contributed by atoms with Crippen LogP contribution in [0.5, 0.6) is 5.75 Å². The molecule has 0 saturated heterocycles. The first-order valence-electron chi connectivity index (χ1n) is 8.90. The normalized spacial score (nSPS) is 10.9. The van der Waals surface area contributed by atoms with E-state index in [1.165, 1.54) is 0 Å². The van der Waals surface area contributed by atoms with Gasteiger partial charge in [-0.25, -0.2) is 0 Å². The molecule has 0 bridgehead atoms. The maximum absolute atomic E-state index is 11.5. The monoisotopic (exact) mass is 391 g/mol. The number of rotatable bonds is 6. The van der Waals surface area contributed by atoms with Crippen molar-refractivity contribution in [2.45, 2.75) is 13.0 Å². The first kappa shape index (κ1) is 18.1. The van der Waals surface area contributed by atoms with Crippen LogP contribution < -0.4 is 4.74 Å². The maximum atomic E-state index is 11.5. The fraction of sp³-hybridized carbons (Fsp3) is 0.0870. The Kier molecular flexibility index (Phi) is 5.04. The van der Waals surface area contributed by atoms with E-state index in [1.54, 1.807) is 6.07 Å². The first-order valence-corrected chi connectivity index (χ1v) is 9.28. The SMILES string of the molecule is O=C(O)Cc1c(-c2ccccc2OCc2ccccc2)[nH]c2c(Cl)cccc12. The highest BCUT2D eigenvalue weighted by Gasteiger charge is 2.19. The molecule has 0 atom stereocenters. The number of carboxylic acid groups (broad SMARTS) is 1. The number of nitrogens with one attached hydrogen (secondary N) is 1. The average molecular weight is 392 g/mol. The molecule has 4 aromatic rings. The predicted octanol–water partition coefficient (Wildman–Crippen LogP) is 5.69. The molecule has 140 valence electrons. The lowest BCUT2D eigenvalue weighted by atomic mass is 10.0. The lowest BCUT2D eigenvalue weighted by Gasteiger charge is -2.12. The average Bonchev–Trinajstić information content (AvgIpc) is 3.06. The Morgan fingerprint density at radius 1 is 0.964 bits per heavy atom. The summed E-state index contributed by atoms with van der Waals surface area (Å²) in [4.78, 5) is 14.8. The molecule has 5 heteroatoms. The van der Waals surface area contributed by atoms with Gasteiger partial charge in [0, 0.05) is 10.9 Å². The van der Waals surface area contributed by atoms with E-state index in [1.807, 2.05) is 66.7 Å². The van der Waals surface area contributed by atoms with Gasteiger partial charge in [0.25, 0.3) is 0 Å². The van der Waals surface area contributed by atoms with Crippen molar-refractivity contribution in [1.82, 2.24) is 4.98 Å². The summed E-state index contributed by atoms with van der Waals surface area (Å²) in [7, 11) is 0. The number of aromatic amines is 1. The molecular weight excluding hydrogens is 374 g/mol. The number of halogens is 1. The second-order valence-corrected chi connectivity index (χ2v) is 6.89. The fourth-order valence-electron chi connectivity index (χ4n) is 3.34. The summed E-state index contributed by atoms with van der Waals surface area (Å²) in [6.45, 7) is 0.424. The van der Waals surface area contributed by atoms with Gasteiger partial charge >= 0.3 is 5.97 Å². The number of hydrogen-bond acceptors (Lipinski definition) is 2. The smallest absolute Gasteiger partial charge is 0.307 e. The molecule has 4 nitrogen and oxygen atoms in total. The van der Waals surface area contributed by atoms with Gasteiger partial charge in [-0.3, -0.25) is 4.79 Å². The van der Waals surface area contributed by atoms with Crippen molar-refractivity contribution in [3.8, 4) is 17.0 Å². The summed E-state index contributed by atoms with van der Waals surface area (Å²) in [6, 6.07) is 23.0. The van der Waals surface area contributed by atoms with Gasteiger partial charge in [0.05, 0.1) is 22.7 Å². The highest BCUT2D eigenvalue weighted by molar-refractivity contribution is 6.35. The van der Waals surface area contributed by atoms with E-state index in [-0.39, 0.29) is 6.42 Å². The van der Waals surface area contributed by atoms with Crippen molar-refractivity contribution in [2.75, 3.05) is 0 Å². The van der Waals surface area contributed by atoms with E-state index in [0.717, 1.165) is 22.0 Å². The molecule has 0 radical (unpaired) electrons. The van der Waals surface area contributed by atoms with Gasteiger partial charge in [-0.05, 0) is 29.3 Å². The predicted molar refractivity (Wildman–Crippen MR) is 111 cm³/mol. The zero-order valence-corrected chi connectivity index (χ0v) is 15.7. The number of hydrogen-bond donors (Lipinski definition) is 2. The second kappa shape index (κ2) is 7.79. The maximum Gasteiger partial charge on any atom is 0.307 e. The largest absolute Gasteiger partial charge is 0.488 e. The van der Waals surface area contributed by atoms with Gasteiger partial charge in [-0.1, -0.05) is 66.2 Å². The first-order chi connectivity index (χ1) is 13.6. The van der Waals surface area contributed by atoms with E-state index in [2.05, 4.69) is 4.98 Å². The lowest BCUT2D eigenvalue weighted by Crippen LogP contribution is -2.02. The molecule has 0 aliphatic carbocycles. The molecule has 0 spiro atoms. The summed E-state index contributed by atoms with van der Waals surface area (Å²) in [5, 5.41) is 10.8. The third-order valence-corrected chi connectivity index (χ3v) is 4.93. The van der Waals surface area contributed by atoms with Crippen molar-refractivity contribution in [2.24, 2.45) is 0 Å². The van der Waals surface area contributed by atoms with Crippen LogP contribution in [0.25, 0.3) is 22.2 Å². The zero-order valence-electron chi connectivity index (χ0n) is 15.0. The standard InChI is InChI=1S/C23H18ClNO3/c24-19-11-6-10-16-18(13-21(26)27)22(25-23(16)19)17-9-4-5-12-20(17)28-14-15-7-2-1-3-8-15/h1-12,25H,13-14H2,(H,26,27). The molecule has 2 N–H and O–H groups in total. The number of carbonyl (C=O) groups is 1. The highest BCUT2D eigenvalue weighted by atomic mass is 35.5. The second-order valence-electron chi connectivity index (χ2n) is 6.48. The van der Waals surface area contributed by atoms with Gasteiger partial charge < -0.3 is 14.8 Å². The third kappa shape index (κ3) is 3.59. The number of ether oxygens (including phenoxy) is 1. The minimum atomic E-state index is -0.898. The summed E-state index contributed by atoms with van der Waals surface area (Å²) >= 11 is 6.34. The molecule has 1 aromatic heterocycles. The molecule has 28 heavy (non-hydrogen) atoms. The molecule has 0 fully saturated rings. The van der Waals surface area contributed by atoms with Crippen LogP contribution in [0.4, 0.5) is 0 Å². The lowest BCUT2D eigenvalue weighted by molar-refractivity contribution is -0.136. The molecule has 4 rings (SSSR count). The Balaban J connectivity index is 1.80. The minimum Gasteiger partial charge on any atom is -0.488 e. The van der Waals surface area contributed by atoms with E-state index in [4.69, 9.17) is 16.3 Å². The Morgan fingerprint density at radius 2 is 1.71 bits per heavy atom. The number of aliphatic carboxylic acids is 1. The molecule has 3 aromatic carbocycles. The van der Waals surface area contributed by atoms with Crippen molar-refractivity contribution in [1.29, 1.82) is 0 Å². The van der Waals surface area contributed by atoms with Gasteiger partial charge in [0.15, 0.2) is 0 Å². The van der Waals surface area contributed by atoms with E-state index < -0.39 is 5.97 Å². The Morgan fingerprint density at radius 3 is 2.50 bits per heavy atom. The number of carboxylic acids is 1. The van der Waals surface area contributed by atoms with E-state index in [9.17, 15) is 9.90 Å². The number of fused-ring (bicyclic) bond motifs is 1. The summed E-state index contributed by atoms with van der Waals surface area (Å²) < 4.78 is 6.06. The Labute approximate surface area is 167 Å². The molecule has 0 amide bonds. The van der Waals surface area contributed by atoms with Crippen molar-refractivity contribution in [3.05, 3.63) is 88.9 Å². The topological polar surface area (TPSA) is 62.3 Å². The van der Waals surface area contributed by atoms with Gasteiger partial charge in [-0.15, -0.1) is 0 Å². The number of H-pyrrole nitrogens is 1. The molecule has 1 heterocycles. The highest BCUT2D eigenvalue weighted by Crippen LogP contribution is 2.38. The van der Waals surface area contributed by atoms with Crippen LogP contribution >= 0.6 is 11.6 Å². The summed E-state index contributed by atoms with van der Waals surface area (Å²) in [5.41, 5.74) is 4.01. The van der Waals surface area contributed by atoms with Gasteiger partial charge in [0.1, 0.15) is 12.4 Å². The van der Waals surface area contributed by atoms with E-state index in [0.29, 0.717) is 28.6 Å². The van der Waals surface area contributed by atoms with Crippen molar-refractivity contribution in [3.63, 3.8) is 0 Å². The molecule has 0 saturated carbocycles. The molecule has 0 aliphatic rings. The van der Waals surface area contributed by atoms with Crippen LogP contribution in [0.3, 0.4) is 0 Å². The van der Waals surface area contributed by atoms with Crippen LogP contribution in [-0.4, -0.2) is 16.1 Å². The number of benzene rings is 3. The van der Waals surface area contributed by atoms with E-state index >= 15 is 0 Å². The minimum absolute atomic E-state index is 0.108. The van der Waals surface area contributed by atoms with Crippen LogP contribution in [0.2, 0.25) is 5.02 Å². The Hall–Kier alpha value is -3.24. The summed E-state index contributed by atoms with van der Waals surface area (Å²) in [6.07, 6.45) is -0.108. The van der Waals surface area contributed by atoms with Crippen LogP contribution in [0.1, 0.15) is 11.1 Å². The third-order valence-electron chi connectivity index (χ3n) is 4.61. The van der Waals surface area contributed by atoms with Crippen LogP contribution in [0, 0.1) is 0 Å². The van der Waals surface area contributed by atoms with Gasteiger partial charge in [0.2, 0.25) is 0 Å². The number of aromatic nitrogens is 1. The number of para-hydroxylation sites is 2. The molecule has 0 unspecified atom stereocenters. The summed E-state index contributed by atoms with van der Waals surface area (Å²) in [5.74, 6) is -0.217. The van der Waals surface area contributed by atoms with Crippen LogP contribution in [-0.2, 0) is 17.8 Å². The zero-order chi connectivity index (χ0) is 19.5.